The summed E-state index contributed by atoms with van der Waals surface area (Å²) in [5.74, 6) is 0.623. The highest BCUT2D eigenvalue weighted by Gasteiger charge is 2.71. The molecule has 0 unspecified atom stereocenters. The number of carbonyl (C=O) groups excluding carboxylic acids is 1. The lowest BCUT2D eigenvalue weighted by Gasteiger charge is -2.61. The molecule has 1 fully saturated rings. The first-order valence-corrected chi connectivity index (χ1v) is 10.1. The van der Waals surface area contributed by atoms with Crippen LogP contribution in [0.2, 0.25) is 0 Å². The maximum Gasteiger partial charge on any atom is 0.313 e. The molecule has 28 heavy (non-hydrogen) atoms. The number of hydrogen-bond acceptors (Lipinski definition) is 6. The largest absolute Gasteiger partial charge is 0.481 e. The van der Waals surface area contributed by atoms with Crippen LogP contribution in [0.4, 0.5) is 0 Å². The van der Waals surface area contributed by atoms with E-state index in [0.717, 1.165) is 29.7 Å². The summed E-state index contributed by atoms with van der Waals surface area (Å²) in [7, 11) is 2.06. The number of piperidine rings is 1. The number of ether oxygens (including phenoxy) is 2. The van der Waals surface area contributed by atoms with Crippen molar-refractivity contribution in [3.63, 3.8) is 0 Å². The molecule has 6 heteroatoms. The van der Waals surface area contributed by atoms with Crippen LogP contribution in [-0.2, 0) is 28.0 Å². The quantitative estimate of drug-likeness (QED) is 0.771. The van der Waals surface area contributed by atoms with Crippen molar-refractivity contribution in [2.24, 2.45) is 5.92 Å². The molecule has 6 nitrogen and oxygen atoms in total. The molecule has 2 aliphatic carbocycles. The summed E-state index contributed by atoms with van der Waals surface area (Å²) >= 11 is 0. The summed E-state index contributed by atoms with van der Waals surface area (Å²) in [5, 5.41) is 21.9. The number of likely N-dealkylation sites (tertiary alicyclic amines) is 1. The fraction of sp³-hybridized carbons (Fsp3) is 0.591. The van der Waals surface area contributed by atoms with E-state index in [1.165, 1.54) is 0 Å². The molecule has 1 aromatic rings. The summed E-state index contributed by atoms with van der Waals surface area (Å²) in [6.07, 6.45) is 3.17. The van der Waals surface area contributed by atoms with Crippen molar-refractivity contribution in [1.29, 1.82) is 0 Å². The maximum absolute atomic E-state index is 12.3. The lowest BCUT2D eigenvalue weighted by atomic mass is 9.50. The Morgan fingerprint density at radius 2 is 2.21 bits per heavy atom. The second-order valence-corrected chi connectivity index (χ2v) is 8.98. The summed E-state index contributed by atoms with van der Waals surface area (Å²) in [4.78, 5) is 14.6. The Morgan fingerprint density at radius 3 is 2.93 bits per heavy atom. The average molecular weight is 385 g/mol. The second-order valence-electron chi connectivity index (χ2n) is 8.98. The van der Waals surface area contributed by atoms with E-state index in [1.54, 1.807) is 13.8 Å². The first kappa shape index (κ1) is 18.2. The van der Waals surface area contributed by atoms with E-state index in [4.69, 9.17) is 9.47 Å². The summed E-state index contributed by atoms with van der Waals surface area (Å²) in [5.41, 5.74) is 1.25. The number of rotatable bonds is 3. The lowest BCUT2D eigenvalue weighted by Crippen LogP contribution is -2.74. The van der Waals surface area contributed by atoms with Crippen molar-refractivity contribution in [3.8, 4) is 5.75 Å². The van der Waals surface area contributed by atoms with E-state index < -0.39 is 17.1 Å². The van der Waals surface area contributed by atoms with Gasteiger partial charge in [0.1, 0.15) is 11.5 Å². The molecule has 2 aliphatic heterocycles. The Balaban J connectivity index is 1.72. The molecule has 1 spiro atoms. The molecule has 4 atom stereocenters. The molecule has 150 valence electrons. The van der Waals surface area contributed by atoms with E-state index in [1.807, 2.05) is 12.1 Å². The summed E-state index contributed by atoms with van der Waals surface area (Å²) in [6.45, 7) is 4.32. The van der Waals surface area contributed by atoms with E-state index in [9.17, 15) is 15.0 Å². The number of nitrogens with zero attached hydrogens (tertiary/aromatic N) is 1. The van der Waals surface area contributed by atoms with Crippen molar-refractivity contribution < 1.29 is 24.5 Å². The molecular weight excluding hydrogens is 358 g/mol. The van der Waals surface area contributed by atoms with Crippen LogP contribution in [0.3, 0.4) is 0 Å². The van der Waals surface area contributed by atoms with Gasteiger partial charge in [0.2, 0.25) is 0 Å². The number of hydrogen-bond donors (Lipinski definition) is 2. The van der Waals surface area contributed by atoms with Gasteiger partial charge in [-0.3, -0.25) is 4.79 Å². The molecule has 2 bridgehead atoms. The molecule has 0 aromatic heterocycles. The molecule has 1 aromatic carbocycles. The fourth-order valence-corrected chi connectivity index (χ4v) is 5.87. The van der Waals surface area contributed by atoms with Gasteiger partial charge in [-0.1, -0.05) is 26.0 Å². The predicted molar refractivity (Wildman–Crippen MR) is 102 cm³/mol. The molecule has 2 heterocycles. The van der Waals surface area contributed by atoms with Crippen molar-refractivity contribution in [3.05, 3.63) is 40.7 Å². The second kappa shape index (κ2) is 5.81. The maximum atomic E-state index is 12.3. The van der Waals surface area contributed by atoms with E-state index in [0.29, 0.717) is 24.4 Å². The van der Waals surface area contributed by atoms with Crippen LogP contribution in [0, 0.1) is 5.92 Å². The zero-order chi connectivity index (χ0) is 19.8. The van der Waals surface area contributed by atoms with Crippen molar-refractivity contribution in [2.75, 3.05) is 13.6 Å². The number of likely N-dealkylation sites (N-methyl/N-ethyl adjacent to an activating group) is 1. The monoisotopic (exact) mass is 385 g/mol. The molecule has 2 N–H and O–H groups in total. The molecule has 4 aliphatic rings. The number of aliphatic hydroxyl groups excluding tert-OH is 1. The van der Waals surface area contributed by atoms with Gasteiger partial charge in [0.15, 0.2) is 6.10 Å². The van der Waals surface area contributed by atoms with Crippen LogP contribution in [0.5, 0.6) is 5.75 Å². The highest BCUT2D eigenvalue weighted by molar-refractivity contribution is 5.73. The van der Waals surface area contributed by atoms with Crippen molar-refractivity contribution in [2.45, 2.75) is 62.9 Å². The number of carbonyl (C=O) groups is 1. The van der Waals surface area contributed by atoms with Crippen molar-refractivity contribution in [1.82, 2.24) is 4.90 Å². The molecule has 0 amide bonds. The summed E-state index contributed by atoms with van der Waals surface area (Å²) in [6, 6.07) is 3.94. The molecule has 0 saturated carbocycles. The normalized spacial score (nSPS) is 35.3. The minimum absolute atomic E-state index is 0.0237. The minimum atomic E-state index is -0.995. The van der Waals surface area contributed by atoms with Gasteiger partial charge >= 0.3 is 5.97 Å². The third kappa shape index (κ3) is 2.01. The number of benzene rings is 1. The van der Waals surface area contributed by atoms with Gasteiger partial charge in [-0.15, -0.1) is 0 Å². The number of esters is 1. The lowest BCUT2D eigenvalue weighted by molar-refractivity contribution is -0.170. The average Bonchev–Trinajstić information content (AvgIpc) is 3.02. The van der Waals surface area contributed by atoms with E-state index in [-0.39, 0.29) is 24.5 Å². The zero-order valence-corrected chi connectivity index (χ0v) is 16.6. The Morgan fingerprint density at radius 1 is 1.43 bits per heavy atom. The van der Waals surface area contributed by atoms with Crippen molar-refractivity contribution >= 4 is 5.97 Å². The Labute approximate surface area is 164 Å². The third-order valence-corrected chi connectivity index (χ3v) is 7.32. The van der Waals surface area contributed by atoms with Gasteiger partial charge in [0.25, 0.3) is 0 Å². The van der Waals surface area contributed by atoms with Crippen LogP contribution >= 0.6 is 0 Å². The molecular formula is C22H27NO5. The highest BCUT2D eigenvalue weighted by atomic mass is 16.6. The minimum Gasteiger partial charge on any atom is -0.481 e. The van der Waals surface area contributed by atoms with E-state index >= 15 is 0 Å². The zero-order valence-electron chi connectivity index (χ0n) is 16.6. The van der Waals surface area contributed by atoms with Crippen LogP contribution in [-0.4, -0.2) is 52.4 Å². The Kier molecular flexibility index (Phi) is 3.77. The van der Waals surface area contributed by atoms with Gasteiger partial charge in [0.05, 0.1) is 23.5 Å². The molecule has 5 rings (SSSR count). The number of aliphatic hydroxyl groups is 2. The van der Waals surface area contributed by atoms with Crippen LogP contribution < -0.4 is 4.74 Å². The predicted octanol–water partition coefficient (Wildman–Crippen LogP) is 1.66. The molecule has 0 radical (unpaired) electrons. The fourth-order valence-electron chi connectivity index (χ4n) is 5.87. The van der Waals surface area contributed by atoms with Gasteiger partial charge in [-0.2, -0.15) is 0 Å². The topological polar surface area (TPSA) is 79.2 Å². The summed E-state index contributed by atoms with van der Waals surface area (Å²) < 4.78 is 12.2. The van der Waals surface area contributed by atoms with Gasteiger partial charge in [-0.05, 0) is 38.1 Å². The first-order chi connectivity index (χ1) is 13.3. The van der Waals surface area contributed by atoms with E-state index in [2.05, 4.69) is 18.0 Å². The van der Waals surface area contributed by atoms with Crippen LogP contribution in [0.1, 0.15) is 43.4 Å². The smallest absolute Gasteiger partial charge is 0.313 e. The third-order valence-electron chi connectivity index (χ3n) is 7.32. The van der Waals surface area contributed by atoms with Gasteiger partial charge in [-0.25, -0.2) is 0 Å². The van der Waals surface area contributed by atoms with Crippen LogP contribution in [0.25, 0.3) is 0 Å². The van der Waals surface area contributed by atoms with Crippen LogP contribution in [0.15, 0.2) is 24.0 Å². The Hall–Kier alpha value is -1.89. The molecule has 1 saturated heterocycles. The highest BCUT2D eigenvalue weighted by Crippen LogP contribution is 2.64. The first-order valence-electron chi connectivity index (χ1n) is 10.1. The Bertz CT molecular complexity index is 893. The van der Waals surface area contributed by atoms with Gasteiger partial charge < -0.3 is 24.6 Å². The van der Waals surface area contributed by atoms with Gasteiger partial charge in [0, 0.05) is 23.6 Å². The SMILES string of the molecule is CC(C)C(=O)OC1=CC[C@@]2(O)[C@H]3Cc4ccc(CO)c5c4[C@@]2(CCN3C)[C@H]1O5. The standard InChI is InChI=1S/C22H27NO5/c1-12(2)20(25)27-15-6-7-22(26)16-10-13-4-5-14(11-24)18-17(13)21(22,19(15)28-18)8-9-23(16)3/h4-6,12,16,19,24,26H,7-11H2,1-3H3/t16-,19+,21+,22-/m1/s1.